The number of hydrogen-bond donors (Lipinski definition) is 3. The average Bonchev–Trinajstić information content (AvgIpc) is 3.24. The van der Waals surface area contributed by atoms with Crippen molar-refractivity contribution in [2.75, 3.05) is 20.6 Å². The summed E-state index contributed by atoms with van der Waals surface area (Å²) in [6, 6.07) is 18.4. The van der Waals surface area contributed by atoms with Crippen LogP contribution in [0.2, 0.25) is 0 Å². The van der Waals surface area contributed by atoms with Crippen molar-refractivity contribution in [2.45, 2.75) is 37.6 Å². The summed E-state index contributed by atoms with van der Waals surface area (Å²) >= 11 is 0. The molecule has 0 spiro atoms. The topological polar surface area (TPSA) is 65.5 Å². The van der Waals surface area contributed by atoms with Gasteiger partial charge in [0.25, 0.3) is 5.91 Å². The van der Waals surface area contributed by atoms with E-state index in [2.05, 4.69) is 51.3 Å². The van der Waals surface area contributed by atoms with Gasteiger partial charge in [-0.15, -0.1) is 24.0 Å². The number of amides is 1. The summed E-state index contributed by atoms with van der Waals surface area (Å²) in [4.78, 5) is 16.0. The van der Waals surface area contributed by atoms with Gasteiger partial charge in [0.05, 0.1) is 0 Å². The SMILES string of the molecule is CN=C(NCc1ccc(C(=O)NC)cc1)NCC1(c2ccccc2)CCCC1.I. The molecule has 1 fully saturated rings. The Morgan fingerprint density at radius 1 is 1.00 bits per heavy atom. The van der Waals surface area contributed by atoms with E-state index >= 15 is 0 Å². The monoisotopic (exact) mass is 506 g/mol. The summed E-state index contributed by atoms with van der Waals surface area (Å²) in [7, 11) is 3.44. The number of carbonyl (C=O) groups excluding carboxylic acids is 1. The molecule has 2 aromatic carbocycles. The highest BCUT2D eigenvalue weighted by Crippen LogP contribution is 2.40. The third kappa shape index (κ3) is 5.95. The molecule has 0 atom stereocenters. The van der Waals surface area contributed by atoms with Crippen molar-refractivity contribution in [3.63, 3.8) is 0 Å². The van der Waals surface area contributed by atoms with Crippen molar-refractivity contribution in [3.05, 3.63) is 71.3 Å². The predicted octanol–water partition coefficient (Wildman–Crippen LogP) is 3.84. The van der Waals surface area contributed by atoms with Crippen LogP contribution in [0.25, 0.3) is 0 Å². The lowest BCUT2D eigenvalue weighted by Crippen LogP contribution is -2.44. The molecule has 0 heterocycles. The van der Waals surface area contributed by atoms with Crippen molar-refractivity contribution in [1.29, 1.82) is 0 Å². The number of nitrogens with one attached hydrogen (secondary N) is 3. The predicted molar refractivity (Wildman–Crippen MR) is 130 cm³/mol. The number of benzene rings is 2. The molecule has 1 aliphatic carbocycles. The van der Waals surface area contributed by atoms with E-state index in [9.17, 15) is 4.79 Å². The zero-order valence-corrected chi connectivity index (χ0v) is 19.5. The van der Waals surface area contributed by atoms with Crippen LogP contribution in [-0.4, -0.2) is 32.5 Å². The van der Waals surface area contributed by atoms with Gasteiger partial charge >= 0.3 is 0 Å². The Labute approximate surface area is 190 Å². The molecule has 1 aliphatic rings. The van der Waals surface area contributed by atoms with Crippen LogP contribution in [0.3, 0.4) is 0 Å². The molecule has 1 saturated carbocycles. The van der Waals surface area contributed by atoms with E-state index in [-0.39, 0.29) is 35.3 Å². The zero-order chi connectivity index (χ0) is 19.8. The fourth-order valence-corrected chi connectivity index (χ4v) is 3.99. The van der Waals surface area contributed by atoms with Gasteiger partial charge in [0.15, 0.2) is 5.96 Å². The van der Waals surface area contributed by atoms with Gasteiger partial charge < -0.3 is 16.0 Å². The largest absolute Gasteiger partial charge is 0.356 e. The molecule has 2 aromatic rings. The fraction of sp³-hybridized carbons (Fsp3) is 0.391. The molecule has 0 aliphatic heterocycles. The van der Waals surface area contributed by atoms with Gasteiger partial charge in [0, 0.05) is 38.2 Å². The summed E-state index contributed by atoms with van der Waals surface area (Å²) in [6.07, 6.45) is 4.98. The highest BCUT2D eigenvalue weighted by Gasteiger charge is 2.35. The molecule has 0 aromatic heterocycles. The summed E-state index contributed by atoms with van der Waals surface area (Å²) < 4.78 is 0. The van der Waals surface area contributed by atoms with Gasteiger partial charge in [-0.1, -0.05) is 55.3 Å². The molecule has 6 heteroatoms. The first-order valence-electron chi connectivity index (χ1n) is 9.98. The second kappa shape index (κ2) is 11.2. The standard InChI is InChI=1S/C23H30N4O.HI/c1-24-21(28)19-12-10-18(11-13-19)16-26-22(25-2)27-17-23(14-6-7-15-23)20-8-4-3-5-9-20;/h3-5,8-13H,6-7,14-17H2,1-2H3,(H,24,28)(H2,25,26,27);1H. The lowest BCUT2D eigenvalue weighted by atomic mass is 9.79. The molecule has 156 valence electrons. The minimum Gasteiger partial charge on any atom is -0.356 e. The van der Waals surface area contributed by atoms with Crippen LogP contribution in [0.1, 0.15) is 47.2 Å². The summed E-state index contributed by atoms with van der Waals surface area (Å²) in [6.45, 7) is 1.54. The van der Waals surface area contributed by atoms with Crippen molar-refractivity contribution in [2.24, 2.45) is 4.99 Å². The number of hydrogen-bond acceptors (Lipinski definition) is 2. The van der Waals surface area contributed by atoms with Crippen LogP contribution >= 0.6 is 24.0 Å². The second-order valence-electron chi connectivity index (χ2n) is 7.41. The molecule has 0 bridgehead atoms. The highest BCUT2D eigenvalue weighted by molar-refractivity contribution is 14.0. The Kier molecular flexibility index (Phi) is 8.95. The molecule has 0 radical (unpaired) electrons. The quantitative estimate of drug-likeness (QED) is 0.317. The third-order valence-electron chi connectivity index (χ3n) is 5.67. The Morgan fingerprint density at radius 2 is 1.66 bits per heavy atom. The van der Waals surface area contributed by atoms with E-state index in [1.807, 2.05) is 24.3 Å². The van der Waals surface area contributed by atoms with E-state index in [1.54, 1.807) is 14.1 Å². The molecule has 3 N–H and O–H groups in total. The maximum Gasteiger partial charge on any atom is 0.251 e. The maximum atomic E-state index is 11.6. The Morgan fingerprint density at radius 3 is 2.24 bits per heavy atom. The number of nitrogens with zero attached hydrogens (tertiary/aromatic N) is 1. The third-order valence-corrected chi connectivity index (χ3v) is 5.67. The molecule has 0 unspecified atom stereocenters. The zero-order valence-electron chi connectivity index (χ0n) is 17.2. The first-order valence-corrected chi connectivity index (χ1v) is 9.98. The molecular weight excluding hydrogens is 475 g/mol. The van der Waals surface area contributed by atoms with Crippen molar-refractivity contribution in [3.8, 4) is 0 Å². The van der Waals surface area contributed by atoms with Crippen LogP contribution in [0, 0.1) is 0 Å². The second-order valence-corrected chi connectivity index (χ2v) is 7.41. The molecule has 1 amide bonds. The lowest BCUT2D eigenvalue weighted by molar-refractivity contribution is 0.0963. The highest BCUT2D eigenvalue weighted by atomic mass is 127. The normalized spacial score (nSPS) is 15.3. The summed E-state index contributed by atoms with van der Waals surface area (Å²) in [5, 5.41) is 9.55. The smallest absolute Gasteiger partial charge is 0.251 e. The van der Waals surface area contributed by atoms with Gasteiger partial charge in [-0.3, -0.25) is 9.79 Å². The summed E-state index contributed by atoms with van der Waals surface area (Å²) in [5.74, 6) is 0.734. The molecule has 29 heavy (non-hydrogen) atoms. The number of carbonyl (C=O) groups is 1. The van der Waals surface area contributed by atoms with Crippen LogP contribution in [-0.2, 0) is 12.0 Å². The molecule has 0 saturated heterocycles. The van der Waals surface area contributed by atoms with Crippen LogP contribution < -0.4 is 16.0 Å². The van der Waals surface area contributed by atoms with Crippen molar-refractivity contribution in [1.82, 2.24) is 16.0 Å². The van der Waals surface area contributed by atoms with Gasteiger partial charge in [-0.05, 0) is 36.1 Å². The minimum atomic E-state index is -0.0697. The van der Waals surface area contributed by atoms with E-state index in [0.29, 0.717) is 12.1 Å². The van der Waals surface area contributed by atoms with Crippen molar-refractivity contribution < 1.29 is 4.79 Å². The van der Waals surface area contributed by atoms with Gasteiger partial charge in [0.2, 0.25) is 0 Å². The van der Waals surface area contributed by atoms with E-state index in [1.165, 1.54) is 31.2 Å². The van der Waals surface area contributed by atoms with Crippen molar-refractivity contribution >= 4 is 35.8 Å². The van der Waals surface area contributed by atoms with E-state index in [0.717, 1.165) is 18.1 Å². The Bertz CT molecular complexity index is 799. The van der Waals surface area contributed by atoms with Crippen LogP contribution in [0.15, 0.2) is 59.6 Å². The fourth-order valence-electron chi connectivity index (χ4n) is 3.99. The first kappa shape index (κ1) is 23.2. The van der Waals surface area contributed by atoms with Gasteiger partial charge in [0.1, 0.15) is 0 Å². The van der Waals surface area contributed by atoms with Crippen LogP contribution in [0.5, 0.6) is 0 Å². The molecule has 3 rings (SSSR count). The van der Waals surface area contributed by atoms with Crippen LogP contribution in [0.4, 0.5) is 0 Å². The summed E-state index contributed by atoms with van der Waals surface area (Å²) in [5.41, 5.74) is 3.38. The Hall–Kier alpha value is -2.09. The number of guanidine groups is 1. The average molecular weight is 506 g/mol. The first-order chi connectivity index (χ1) is 13.7. The van der Waals surface area contributed by atoms with Gasteiger partial charge in [-0.25, -0.2) is 0 Å². The number of halogens is 1. The van der Waals surface area contributed by atoms with E-state index < -0.39 is 0 Å². The molecular formula is C23H31IN4O. The number of aliphatic imine (C=N–C) groups is 1. The lowest BCUT2D eigenvalue weighted by Gasteiger charge is -2.30. The molecule has 5 nitrogen and oxygen atoms in total. The van der Waals surface area contributed by atoms with E-state index in [4.69, 9.17) is 0 Å². The van der Waals surface area contributed by atoms with Gasteiger partial charge in [-0.2, -0.15) is 0 Å². The Balaban J connectivity index is 0.00000300. The maximum absolute atomic E-state index is 11.6. The number of rotatable bonds is 6. The minimum absolute atomic E-state index is 0.